The number of benzene rings is 2. The SMILES string of the molecule is CCc1cc(Cl)c[n+]([O-])c1CNC(=O)c1cc(-c2ccc(CN3CCOCC3)cc2)cc(N(CC)C2CCOCC2)c1C. The maximum Gasteiger partial charge on any atom is 0.252 e. The lowest BCUT2D eigenvalue weighted by molar-refractivity contribution is -0.614. The van der Waals surface area contributed by atoms with Gasteiger partial charge in [-0.1, -0.05) is 42.8 Å². The summed E-state index contributed by atoms with van der Waals surface area (Å²) >= 11 is 6.11. The molecule has 3 aromatic rings. The van der Waals surface area contributed by atoms with Crippen LogP contribution in [-0.4, -0.2) is 62.9 Å². The molecule has 230 valence electrons. The lowest BCUT2D eigenvalue weighted by atomic mass is 9.94. The Hall–Kier alpha value is -3.17. The largest absolute Gasteiger partial charge is 0.618 e. The summed E-state index contributed by atoms with van der Waals surface area (Å²) in [5, 5.41) is 16.1. The molecular weight excluding hydrogens is 564 g/mol. The molecule has 5 rings (SSSR count). The van der Waals surface area contributed by atoms with E-state index in [0.717, 1.165) is 98.1 Å². The number of anilines is 1. The van der Waals surface area contributed by atoms with E-state index in [1.54, 1.807) is 6.07 Å². The van der Waals surface area contributed by atoms with E-state index < -0.39 is 0 Å². The predicted molar refractivity (Wildman–Crippen MR) is 171 cm³/mol. The molecule has 0 unspecified atom stereocenters. The molecule has 0 aliphatic carbocycles. The van der Waals surface area contributed by atoms with Crippen molar-refractivity contribution in [1.82, 2.24) is 10.2 Å². The topological polar surface area (TPSA) is 81.0 Å². The van der Waals surface area contributed by atoms with Gasteiger partial charge in [-0.05, 0) is 73.6 Å². The minimum absolute atomic E-state index is 0.120. The number of morpholine rings is 1. The zero-order chi connectivity index (χ0) is 30.3. The number of aryl methyl sites for hydroxylation is 1. The molecule has 0 radical (unpaired) electrons. The fraction of sp³-hybridized carbons (Fsp3) is 0.471. The van der Waals surface area contributed by atoms with Crippen molar-refractivity contribution in [3.05, 3.63) is 86.8 Å². The molecule has 1 amide bonds. The molecule has 0 saturated carbocycles. The summed E-state index contributed by atoms with van der Waals surface area (Å²) in [6.45, 7) is 13.0. The number of halogens is 1. The van der Waals surface area contributed by atoms with Gasteiger partial charge >= 0.3 is 0 Å². The maximum atomic E-state index is 13.8. The van der Waals surface area contributed by atoms with E-state index in [1.807, 2.05) is 19.9 Å². The van der Waals surface area contributed by atoms with Crippen molar-refractivity contribution in [2.24, 2.45) is 0 Å². The number of nitrogens with one attached hydrogen (secondary N) is 1. The van der Waals surface area contributed by atoms with Crippen molar-refractivity contribution in [2.75, 3.05) is 51.0 Å². The van der Waals surface area contributed by atoms with Gasteiger partial charge in [-0.25, -0.2) is 0 Å². The summed E-state index contributed by atoms with van der Waals surface area (Å²) in [5.41, 5.74) is 7.25. The Morgan fingerprint density at radius 1 is 1.05 bits per heavy atom. The van der Waals surface area contributed by atoms with Gasteiger partial charge in [0, 0.05) is 62.2 Å². The average Bonchev–Trinajstić information content (AvgIpc) is 3.02. The van der Waals surface area contributed by atoms with E-state index in [4.69, 9.17) is 21.1 Å². The van der Waals surface area contributed by atoms with Crippen molar-refractivity contribution in [1.29, 1.82) is 0 Å². The standard InChI is InChI=1S/C34H43ClN4O4/c1-4-26-18-29(35)23-39(41)33(26)21-36-34(40)31-19-28(20-32(24(31)3)38(5-2)30-10-14-42-15-11-30)27-8-6-25(7-9-27)22-37-12-16-43-17-13-37/h6-9,18-20,23,30H,4-5,10-17,21-22H2,1-3H3,(H,36,40). The summed E-state index contributed by atoms with van der Waals surface area (Å²) in [6, 6.07) is 15.0. The Bertz CT molecular complexity index is 1400. The number of pyridine rings is 1. The highest BCUT2D eigenvalue weighted by Gasteiger charge is 2.25. The Morgan fingerprint density at radius 2 is 1.74 bits per heavy atom. The van der Waals surface area contributed by atoms with Crippen LogP contribution < -0.4 is 14.9 Å². The summed E-state index contributed by atoms with van der Waals surface area (Å²) < 4.78 is 11.9. The van der Waals surface area contributed by atoms with Gasteiger partial charge < -0.3 is 24.9 Å². The van der Waals surface area contributed by atoms with Crippen LogP contribution in [-0.2, 0) is 29.0 Å². The van der Waals surface area contributed by atoms with E-state index in [1.165, 1.54) is 11.8 Å². The number of nitrogens with zero attached hydrogens (tertiary/aromatic N) is 3. The second-order valence-electron chi connectivity index (χ2n) is 11.4. The van der Waals surface area contributed by atoms with Crippen molar-refractivity contribution in [2.45, 2.75) is 59.2 Å². The third kappa shape index (κ3) is 7.50. The molecule has 1 N–H and O–H groups in total. The van der Waals surface area contributed by atoms with Crippen LogP contribution in [0.1, 0.15) is 59.4 Å². The van der Waals surface area contributed by atoms with Crippen LogP contribution in [0.4, 0.5) is 5.69 Å². The van der Waals surface area contributed by atoms with Gasteiger partial charge in [0.15, 0.2) is 6.20 Å². The maximum absolute atomic E-state index is 13.8. The smallest absolute Gasteiger partial charge is 0.252 e. The third-order valence-corrected chi connectivity index (χ3v) is 8.90. The molecule has 2 aromatic carbocycles. The van der Waals surface area contributed by atoms with Crippen LogP contribution in [0.2, 0.25) is 5.02 Å². The zero-order valence-corrected chi connectivity index (χ0v) is 26.3. The van der Waals surface area contributed by atoms with Crippen molar-refractivity contribution >= 4 is 23.2 Å². The van der Waals surface area contributed by atoms with Gasteiger partial charge in [-0.3, -0.25) is 9.69 Å². The highest BCUT2D eigenvalue weighted by molar-refractivity contribution is 6.30. The van der Waals surface area contributed by atoms with E-state index in [2.05, 4.69) is 52.4 Å². The number of carbonyl (C=O) groups excluding carboxylic acids is 1. The number of amides is 1. The van der Waals surface area contributed by atoms with Crippen molar-refractivity contribution in [3.8, 4) is 11.1 Å². The van der Waals surface area contributed by atoms with Gasteiger partial charge in [0.25, 0.3) is 5.91 Å². The molecular formula is C34H43ClN4O4. The predicted octanol–water partition coefficient (Wildman–Crippen LogP) is 5.28. The number of hydrogen-bond donors (Lipinski definition) is 1. The lowest BCUT2D eigenvalue weighted by Gasteiger charge is -2.37. The van der Waals surface area contributed by atoms with Gasteiger partial charge in [0.05, 0.1) is 13.2 Å². The second kappa shape index (κ2) is 14.5. The fourth-order valence-electron chi connectivity index (χ4n) is 6.22. The minimum atomic E-state index is -0.204. The zero-order valence-electron chi connectivity index (χ0n) is 25.5. The molecule has 1 aromatic heterocycles. The van der Waals surface area contributed by atoms with Crippen LogP contribution in [0.25, 0.3) is 11.1 Å². The van der Waals surface area contributed by atoms with Gasteiger partial charge in [-0.15, -0.1) is 0 Å². The first-order valence-electron chi connectivity index (χ1n) is 15.4. The van der Waals surface area contributed by atoms with Gasteiger partial charge in [0.1, 0.15) is 11.6 Å². The number of aromatic nitrogens is 1. The molecule has 0 spiro atoms. The first kappa shape index (κ1) is 31.3. The molecule has 2 saturated heterocycles. The molecule has 2 fully saturated rings. The highest BCUT2D eigenvalue weighted by Crippen LogP contribution is 2.34. The molecule has 43 heavy (non-hydrogen) atoms. The molecule has 8 nitrogen and oxygen atoms in total. The molecule has 2 aliphatic rings. The van der Waals surface area contributed by atoms with Crippen LogP contribution in [0.3, 0.4) is 0 Å². The first-order chi connectivity index (χ1) is 20.9. The Labute approximate surface area is 260 Å². The summed E-state index contributed by atoms with van der Waals surface area (Å²) in [7, 11) is 0. The molecule has 3 heterocycles. The van der Waals surface area contributed by atoms with E-state index in [9.17, 15) is 10.0 Å². The van der Waals surface area contributed by atoms with Crippen molar-refractivity contribution < 1.29 is 19.0 Å². The number of rotatable bonds is 10. The Balaban J connectivity index is 1.46. The second-order valence-corrected chi connectivity index (χ2v) is 11.8. The molecule has 0 bridgehead atoms. The van der Waals surface area contributed by atoms with Crippen LogP contribution in [0.15, 0.2) is 48.7 Å². The quantitative estimate of drug-likeness (QED) is 0.250. The monoisotopic (exact) mass is 606 g/mol. The molecule has 0 atom stereocenters. The summed E-state index contributed by atoms with van der Waals surface area (Å²) in [4.78, 5) is 18.6. The van der Waals surface area contributed by atoms with Crippen LogP contribution in [0.5, 0.6) is 0 Å². The van der Waals surface area contributed by atoms with Crippen molar-refractivity contribution in [3.63, 3.8) is 0 Å². The van der Waals surface area contributed by atoms with E-state index >= 15 is 0 Å². The minimum Gasteiger partial charge on any atom is -0.618 e. The normalized spacial score (nSPS) is 16.3. The fourth-order valence-corrected chi connectivity index (χ4v) is 6.44. The molecule has 9 heteroatoms. The summed E-state index contributed by atoms with van der Waals surface area (Å²) in [5.74, 6) is -0.204. The van der Waals surface area contributed by atoms with Gasteiger partial charge in [-0.2, -0.15) is 4.73 Å². The Kier molecular flexibility index (Phi) is 10.6. The van der Waals surface area contributed by atoms with E-state index in [0.29, 0.717) is 28.7 Å². The average molecular weight is 607 g/mol. The van der Waals surface area contributed by atoms with Crippen LogP contribution in [0, 0.1) is 12.1 Å². The Morgan fingerprint density at radius 3 is 2.42 bits per heavy atom. The van der Waals surface area contributed by atoms with E-state index in [-0.39, 0.29) is 12.5 Å². The number of carbonyl (C=O) groups is 1. The third-order valence-electron chi connectivity index (χ3n) is 8.69. The van der Waals surface area contributed by atoms with Gasteiger partial charge in [0.2, 0.25) is 5.69 Å². The lowest BCUT2D eigenvalue weighted by Crippen LogP contribution is -2.40. The number of ether oxygens (including phenoxy) is 2. The number of hydrogen-bond acceptors (Lipinski definition) is 6. The highest BCUT2D eigenvalue weighted by atomic mass is 35.5. The summed E-state index contributed by atoms with van der Waals surface area (Å²) in [6.07, 6.45) is 3.89. The first-order valence-corrected chi connectivity index (χ1v) is 15.8. The molecule has 2 aliphatic heterocycles. The van der Waals surface area contributed by atoms with Crippen LogP contribution >= 0.6 is 11.6 Å².